The summed E-state index contributed by atoms with van der Waals surface area (Å²) in [5.41, 5.74) is 2.84. The molecule has 0 heterocycles. The number of anilines is 1. The van der Waals surface area contributed by atoms with Crippen molar-refractivity contribution in [2.45, 2.75) is 0 Å². The van der Waals surface area contributed by atoms with E-state index in [1.165, 1.54) is 6.08 Å². The highest BCUT2D eigenvalue weighted by Crippen LogP contribution is 2.31. The third-order valence-corrected chi connectivity index (χ3v) is 3.76. The summed E-state index contributed by atoms with van der Waals surface area (Å²) in [5, 5.41) is 0. The summed E-state index contributed by atoms with van der Waals surface area (Å²) in [6.45, 7) is 0. The number of rotatable bonds is 3. The van der Waals surface area contributed by atoms with Crippen molar-refractivity contribution in [1.29, 1.82) is 0 Å². The second-order valence-corrected chi connectivity index (χ2v) is 5.03. The fourth-order valence-electron chi connectivity index (χ4n) is 2.53. The third kappa shape index (κ3) is 2.29. The lowest BCUT2D eigenvalue weighted by Crippen LogP contribution is -2.25. The molecule has 3 rings (SSSR count). The van der Waals surface area contributed by atoms with E-state index in [1.54, 1.807) is 19.2 Å². The first-order valence-corrected chi connectivity index (χ1v) is 6.89. The Labute approximate surface area is 128 Å². The molecule has 2 aromatic carbocycles. The molecule has 0 aliphatic heterocycles. The minimum atomic E-state index is -0.492. The number of hydrogen-bond donors (Lipinski definition) is 0. The Morgan fingerprint density at radius 1 is 0.909 bits per heavy atom. The summed E-state index contributed by atoms with van der Waals surface area (Å²) in [6.07, 6.45) is 1.40. The van der Waals surface area contributed by atoms with Crippen LogP contribution in [0.15, 0.2) is 54.6 Å². The lowest BCUT2D eigenvalue weighted by Gasteiger charge is -2.26. The SMILES string of the molecule is COc1ccc(N(C)C2=CC(=O)C(=O)c3ccccc32)cc1. The van der Waals surface area contributed by atoms with Crippen molar-refractivity contribution in [3.63, 3.8) is 0 Å². The maximum absolute atomic E-state index is 12.0. The number of ketones is 2. The maximum atomic E-state index is 12.0. The van der Waals surface area contributed by atoms with Gasteiger partial charge in [-0.1, -0.05) is 24.3 Å². The minimum absolute atomic E-state index is 0.449. The van der Waals surface area contributed by atoms with Crippen LogP contribution >= 0.6 is 0 Å². The van der Waals surface area contributed by atoms with Crippen molar-refractivity contribution in [3.8, 4) is 5.75 Å². The summed E-state index contributed by atoms with van der Waals surface area (Å²) in [4.78, 5) is 25.8. The molecule has 1 aliphatic rings. The van der Waals surface area contributed by atoms with Gasteiger partial charge >= 0.3 is 0 Å². The highest BCUT2D eigenvalue weighted by Gasteiger charge is 2.27. The predicted octanol–water partition coefficient (Wildman–Crippen LogP) is 2.94. The topological polar surface area (TPSA) is 46.6 Å². The molecule has 0 fully saturated rings. The zero-order valence-corrected chi connectivity index (χ0v) is 12.4. The molecule has 22 heavy (non-hydrogen) atoms. The fraction of sp³-hybridized carbons (Fsp3) is 0.111. The van der Waals surface area contributed by atoms with Gasteiger partial charge in [0, 0.05) is 29.9 Å². The van der Waals surface area contributed by atoms with E-state index in [1.807, 2.05) is 48.3 Å². The van der Waals surface area contributed by atoms with Gasteiger partial charge in [0.15, 0.2) is 0 Å². The summed E-state index contributed by atoms with van der Waals surface area (Å²) in [7, 11) is 3.48. The van der Waals surface area contributed by atoms with E-state index >= 15 is 0 Å². The number of allylic oxidation sites excluding steroid dienone is 1. The van der Waals surface area contributed by atoms with Crippen molar-refractivity contribution >= 4 is 23.0 Å². The number of Topliss-reactive ketones (excluding diaryl/α,β-unsaturated/α-hetero) is 1. The summed E-state index contributed by atoms with van der Waals surface area (Å²) < 4.78 is 5.15. The van der Waals surface area contributed by atoms with Crippen molar-refractivity contribution in [1.82, 2.24) is 0 Å². The summed E-state index contributed by atoms with van der Waals surface area (Å²) in [6, 6.07) is 14.7. The smallest absolute Gasteiger partial charge is 0.233 e. The molecular weight excluding hydrogens is 278 g/mol. The highest BCUT2D eigenvalue weighted by molar-refractivity contribution is 6.50. The van der Waals surface area contributed by atoms with Crippen molar-refractivity contribution in [2.24, 2.45) is 0 Å². The molecule has 0 saturated heterocycles. The van der Waals surface area contributed by atoms with Crippen LogP contribution in [-0.4, -0.2) is 25.7 Å². The van der Waals surface area contributed by atoms with Gasteiger partial charge in [-0.2, -0.15) is 0 Å². The van der Waals surface area contributed by atoms with E-state index < -0.39 is 11.6 Å². The van der Waals surface area contributed by atoms with Gasteiger partial charge in [-0.3, -0.25) is 9.59 Å². The zero-order chi connectivity index (χ0) is 15.7. The molecule has 4 heteroatoms. The van der Waals surface area contributed by atoms with Crippen molar-refractivity contribution in [3.05, 3.63) is 65.7 Å². The monoisotopic (exact) mass is 293 g/mol. The molecule has 4 nitrogen and oxygen atoms in total. The van der Waals surface area contributed by atoms with Gasteiger partial charge in [0.1, 0.15) is 5.75 Å². The first-order chi connectivity index (χ1) is 10.6. The van der Waals surface area contributed by atoms with Crippen LogP contribution < -0.4 is 9.64 Å². The molecule has 0 radical (unpaired) electrons. The van der Waals surface area contributed by atoms with Crippen LogP contribution in [0.25, 0.3) is 5.70 Å². The largest absolute Gasteiger partial charge is 0.497 e. The molecule has 0 bridgehead atoms. The molecule has 0 N–H and O–H groups in total. The number of ether oxygens (including phenoxy) is 1. The van der Waals surface area contributed by atoms with E-state index in [0.717, 1.165) is 17.0 Å². The standard InChI is InChI=1S/C18H15NO3/c1-19(12-7-9-13(22-2)10-8-12)16-11-17(20)18(21)15-6-4-3-5-14(15)16/h3-11H,1-2H3. The highest BCUT2D eigenvalue weighted by atomic mass is 16.5. The molecule has 0 spiro atoms. The molecule has 1 aliphatic carbocycles. The molecular formula is C18H15NO3. The number of nitrogens with zero attached hydrogens (tertiary/aromatic N) is 1. The number of benzene rings is 2. The van der Waals surface area contributed by atoms with Gasteiger partial charge in [-0.05, 0) is 24.3 Å². The number of hydrogen-bond acceptors (Lipinski definition) is 4. The summed E-state index contributed by atoms with van der Waals surface area (Å²) >= 11 is 0. The van der Waals surface area contributed by atoms with E-state index in [0.29, 0.717) is 11.3 Å². The fourth-order valence-corrected chi connectivity index (χ4v) is 2.53. The Kier molecular flexibility index (Phi) is 3.51. The van der Waals surface area contributed by atoms with Crippen molar-refractivity contribution < 1.29 is 14.3 Å². The van der Waals surface area contributed by atoms with Gasteiger partial charge in [0.25, 0.3) is 0 Å². The molecule has 0 unspecified atom stereocenters. The van der Waals surface area contributed by atoms with Crippen LogP contribution in [0.5, 0.6) is 5.75 Å². The Balaban J connectivity index is 2.04. The Hall–Kier alpha value is -2.88. The first kappa shape index (κ1) is 14.1. The first-order valence-electron chi connectivity index (χ1n) is 6.89. The van der Waals surface area contributed by atoms with Gasteiger partial charge in [-0.15, -0.1) is 0 Å². The lowest BCUT2D eigenvalue weighted by atomic mass is 9.92. The average molecular weight is 293 g/mol. The van der Waals surface area contributed by atoms with Crippen LogP contribution in [-0.2, 0) is 4.79 Å². The lowest BCUT2D eigenvalue weighted by molar-refractivity contribution is -0.111. The second kappa shape index (κ2) is 5.48. The molecule has 0 amide bonds. The second-order valence-electron chi connectivity index (χ2n) is 5.03. The van der Waals surface area contributed by atoms with Crippen LogP contribution in [0, 0.1) is 0 Å². The number of carbonyl (C=O) groups is 2. The van der Waals surface area contributed by atoms with Crippen LogP contribution in [0.1, 0.15) is 15.9 Å². The normalized spacial score (nSPS) is 13.5. The Morgan fingerprint density at radius 2 is 1.55 bits per heavy atom. The van der Waals surface area contributed by atoms with Crippen LogP contribution in [0.3, 0.4) is 0 Å². The predicted molar refractivity (Wildman–Crippen MR) is 85.2 cm³/mol. The number of methoxy groups -OCH3 is 1. The minimum Gasteiger partial charge on any atom is -0.497 e. The Morgan fingerprint density at radius 3 is 2.18 bits per heavy atom. The molecule has 0 atom stereocenters. The Bertz CT molecular complexity index is 775. The van der Waals surface area contributed by atoms with Gasteiger partial charge < -0.3 is 9.64 Å². The van der Waals surface area contributed by atoms with E-state index in [-0.39, 0.29) is 0 Å². The molecule has 0 aromatic heterocycles. The zero-order valence-electron chi connectivity index (χ0n) is 12.4. The maximum Gasteiger partial charge on any atom is 0.233 e. The van der Waals surface area contributed by atoms with Crippen LogP contribution in [0.2, 0.25) is 0 Å². The number of fused-ring (bicyclic) bond motifs is 1. The molecule has 0 saturated carbocycles. The molecule has 2 aromatic rings. The van der Waals surface area contributed by atoms with Crippen molar-refractivity contribution in [2.75, 3.05) is 19.1 Å². The third-order valence-electron chi connectivity index (χ3n) is 3.76. The van der Waals surface area contributed by atoms with Gasteiger partial charge in [0.2, 0.25) is 11.6 Å². The van der Waals surface area contributed by atoms with E-state index in [4.69, 9.17) is 4.74 Å². The van der Waals surface area contributed by atoms with E-state index in [2.05, 4.69) is 0 Å². The van der Waals surface area contributed by atoms with E-state index in [9.17, 15) is 9.59 Å². The number of carbonyl (C=O) groups excluding carboxylic acids is 2. The van der Waals surface area contributed by atoms with Gasteiger partial charge in [-0.25, -0.2) is 0 Å². The average Bonchev–Trinajstić information content (AvgIpc) is 2.57. The summed E-state index contributed by atoms with van der Waals surface area (Å²) in [5.74, 6) is -0.182. The molecule has 110 valence electrons. The quantitative estimate of drug-likeness (QED) is 0.816. The van der Waals surface area contributed by atoms with Crippen LogP contribution in [0.4, 0.5) is 5.69 Å². The van der Waals surface area contributed by atoms with Gasteiger partial charge in [0.05, 0.1) is 12.8 Å².